The minimum absolute atomic E-state index is 0.0363. The lowest BCUT2D eigenvalue weighted by atomic mass is 10.2. The molecule has 2 aromatic heterocycles. The zero-order chi connectivity index (χ0) is 24.2. The summed E-state index contributed by atoms with van der Waals surface area (Å²) in [5.41, 5.74) is 1.48. The van der Waals surface area contributed by atoms with Crippen molar-refractivity contribution in [3.63, 3.8) is 0 Å². The van der Waals surface area contributed by atoms with Gasteiger partial charge in [-0.25, -0.2) is 0 Å². The van der Waals surface area contributed by atoms with E-state index in [2.05, 4.69) is 46.8 Å². The van der Waals surface area contributed by atoms with Crippen molar-refractivity contribution in [2.24, 2.45) is 0 Å². The molecule has 1 amide bonds. The van der Waals surface area contributed by atoms with E-state index in [0.717, 1.165) is 31.9 Å². The molecule has 0 unspecified atom stereocenters. The highest BCUT2D eigenvalue weighted by Gasteiger charge is 2.26. The lowest BCUT2D eigenvalue weighted by molar-refractivity contribution is 0.0751. The minimum Gasteiger partial charge on any atom is -0.366 e. The zero-order valence-electron chi connectivity index (χ0n) is 18.9. The molecule has 4 rings (SSSR count). The van der Waals surface area contributed by atoms with Crippen LogP contribution in [-0.4, -0.2) is 78.1 Å². The van der Waals surface area contributed by atoms with Crippen molar-refractivity contribution in [3.05, 3.63) is 66.1 Å². The van der Waals surface area contributed by atoms with E-state index < -0.39 is 0 Å². The summed E-state index contributed by atoms with van der Waals surface area (Å²) in [6, 6.07) is 11.3. The van der Waals surface area contributed by atoms with E-state index in [1.165, 1.54) is 16.0 Å². The summed E-state index contributed by atoms with van der Waals surface area (Å²) in [5.74, 6) is 0.837. The number of nitrogens with zero attached hydrogens (tertiary/aromatic N) is 5. The average Bonchev–Trinajstić information content (AvgIpc) is 3.18. The molecule has 180 valence electrons. The Bertz CT molecular complexity index is 1190. The van der Waals surface area contributed by atoms with E-state index in [1.54, 1.807) is 18.0 Å². The van der Waals surface area contributed by atoms with E-state index in [1.807, 2.05) is 55.4 Å². The molecule has 1 aromatic carbocycles. The fourth-order valence-electron chi connectivity index (χ4n) is 3.63. The Hall–Kier alpha value is -1.66. The number of thioether (sulfide) groups is 1. The maximum absolute atomic E-state index is 13.5. The Kier molecular flexibility index (Phi) is 8.52. The molecule has 34 heavy (non-hydrogen) atoms. The van der Waals surface area contributed by atoms with Gasteiger partial charge in [0.2, 0.25) is 0 Å². The largest absolute Gasteiger partial charge is 0.366 e. The highest BCUT2D eigenvalue weighted by atomic mass is 79.9. The molecule has 0 spiro atoms. The van der Waals surface area contributed by atoms with Gasteiger partial charge >= 0.3 is 0 Å². The van der Waals surface area contributed by atoms with Crippen LogP contribution in [-0.2, 0) is 0 Å². The van der Waals surface area contributed by atoms with Gasteiger partial charge in [-0.1, -0.05) is 18.2 Å². The number of para-hydroxylation sites is 1. The fraction of sp³-hybridized carbons (Fsp3) is 0.348. The summed E-state index contributed by atoms with van der Waals surface area (Å²) in [5, 5.41) is 4.49. The Morgan fingerprint density at radius 3 is 2.47 bits per heavy atom. The molecular weight excluding hydrogens is 602 g/mol. The summed E-state index contributed by atoms with van der Waals surface area (Å²) in [4.78, 5) is 34.0. The van der Waals surface area contributed by atoms with Crippen LogP contribution < -0.4 is 10.5 Å². The summed E-state index contributed by atoms with van der Waals surface area (Å²) in [6.45, 7) is 3.35. The molecular formula is C23H25Br2N5O2S2. The Labute approximate surface area is 224 Å². The smallest absolute Gasteiger partial charge is 0.287 e. The van der Waals surface area contributed by atoms with E-state index in [0.29, 0.717) is 36.0 Å². The third-order valence-electron chi connectivity index (χ3n) is 5.46. The van der Waals surface area contributed by atoms with Gasteiger partial charge in [-0.05, 0) is 64.2 Å². The summed E-state index contributed by atoms with van der Waals surface area (Å²) in [6.07, 6.45) is 1.79. The van der Waals surface area contributed by atoms with Gasteiger partial charge in [0.15, 0.2) is 0 Å². The standard InChI is InChI=1S/C23H25Br2N5O2S2/c1-27(2)12-13-33-20-18(15-26-30(23(20)32)16-6-4-3-5-7-16)28-8-10-29(11-9-28)22(31)19-14-17(24)21(25)34-19/h3-7,14-15H,8-13H2,1-2H3. The predicted octanol–water partition coefficient (Wildman–Crippen LogP) is 4.44. The summed E-state index contributed by atoms with van der Waals surface area (Å²) in [7, 11) is 4.05. The van der Waals surface area contributed by atoms with Crippen LogP contribution in [0, 0.1) is 0 Å². The molecule has 3 aromatic rings. The number of halogens is 2. The average molecular weight is 627 g/mol. The van der Waals surface area contributed by atoms with E-state index in [-0.39, 0.29) is 11.5 Å². The van der Waals surface area contributed by atoms with Crippen molar-refractivity contribution >= 4 is 66.6 Å². The van der Waals surface area contributed by atoms with Gasteiger partial charge in [0.1, 0.15) is 0 Å². The molecule has 0 aliphatic carbocycles. The van der Waals surface area contributed by atoms with Crippen molar-refractivity contribution in [1.82, 2.24) is 19.6 Å². The first-order chi connectivity index (χ1) is 16.3. The molecule has 0 radical (unpaired) electrons. The van der Waals surface area contributed by atoms with Crippen molar-refractivity contribution in [2.45, 2.75) is 4.90 Å². The van der Waals surface area contributed by atoms with Crippen molar-refractivity contribution < 1.29 is 4.79 Å². The number of carbonyl (C=O) groups is 1. The van der Waals surface area contributed by atoms with Gasteiger partial charge in [0.25, 0.3) is 11.5 Å². The van der Waals surface area contributed by atoms with Crippen LogP contribution in [0.3, 0.4) is 0 Å². The number of piperazine rings is 1. The third kappa shape index (κ3) is 5.76. The molecule has 0 N–H and O–H groups in total. The van der Waals surface area contributed by atoms with Crippen molar-refractivity contribution in [3.8, 4) is 5.69 Å². The highest BCUT2D eigenvalue weighted by molar-refractivity contribution is 9.13. The number of anilines is 1. The topological polar surface area (TPSA) is 61.7 Å². The lowest BCUT2D eigenvalue weighted by Gasteiger charge is -2.36. The maximum atomic E-state index is 13.5. The van der Waals surface area contributed by atoms with Gasteiger partial charge in [-0.3, -0.25) is 9.59 Å². The molecule has 1 fully saturated rings. The monoisotopic (exact) mass is 625 g/mol. The van der Waals surface area contributed by atoms with Crippen LogP contribution in [0.25, 0.3) is 5.69 Å². The Balaban J connectivity index is 1.55. The maximum Gasteiger partial charge on any atom is 0.287 e. The number of aromatic nitrogens is 2. The van der Waals surface area contributed by atoms with Crippen LogP contribution in [0.2, 0.25) is 0 Å². The van der Waals surface area contributed by atoms with Gasteiger partial charge in [-0.15, -0.1) is 23.1 Å². The number of thiophene rings is 1. The molecule has 11 heteroatoms. The minimum atomic E-state index is -0.112. The molecule has 1 aliphatic rings. The highest BCUT2D eigenvalue weighted by Crippen LogP contribution is 2.33. The second-order valence-electron chi connectivity index (χ2n) is 8.07. The first-order valence-corrected chi connectivity index (χ1v) is 14.2. The quantitative estimate of drug-likeness (QED) is 0.362. The van der Waals surface area contributed by atoms with Gasteiger partial charge in [0.05, 0.1) is 31.1 Å². The number of rotatable bonds is 7. The number of hydrogen-bond acceptors (Lipinski definition) is 7. The lowest BCUT2D eigenvalue weighted by Crippen LogP contribution is -2.49. The number of hydrogen-bond donors (Lipinski definition) is 0. The molecule has 0 saturated carbocycles. The van der Waals surface area contributed by atoms with Crippen LogP contribution >= 0.6 is 55.0 Å². The Morgan fingerprint density at radius 1 is 1.15 bits per heavy atom. The fourth-order valence-corrected chi connectivity index (χ4v) is 6.84. The van der Waals surface area contributed by atoms with Gasteiger partial charge in [0, 0.05) is 42.9 Å². The third-order valence-corrected chi connectivity index (χ3v) is 9.77. The normalized spacial score (nSPS) is 14.1. The summed E-state index contributed by atoms with van der Waals surface area (Å²) >= 11 is 9.92. The first kappa shape index (κ1) is 25.4. The van der Waals surface area contributed by atoms with Crippen LogP contribution in [0.5, 0.6) is 0 Å². The van der Waals surface area contributed by atoms with Crippen LogP contribution in [0.4, 0.5) is 5.69 Å². The predicted molar refractivity (Wildman–Crippen MR) is 147 cm³/mol. The van der Waals surface area contributed by atoms with Crippen molar-refractivity contribution in [1.29, 1.82) is 0 Å². The second kappa shape index (κ2) is 11.4. The zero-order valence-corrected chi connectivity index (χ0v) is 23.7. The number of amides is 1. The molecule has 7 nitrogen and oxygen atoms in total. The van der Waals surface area contributed by atoms with Gasteiger partial charge in [-0.2, -0.15) is 9.78 Å². The summed E-state index contributed by atoms with van der Waals surface area (Å²) < 4.78 is 3.27. The van der Waals surface area contributed by atoms with Crippen LogP contribution in [0.15, 0.2) is 60.5 Å². The van der Waals surface area contributed by atoms with Gasteiger partial charge < -0.3 is 14.7 Å². The van der Waals surface area contributed by atoms with E-state index in [4.69, 9.17) is 0 Å². The first-order valence-electron chi connectivity index (χ1n) is 10.8. The second-order valence-corrected chi connectivity index (χ2v) is 12.4. The van der Waals surface area contributed by atoms with Crippen LogP contribution in [0.1, 0.15) is 9.67 Å². The van der Waals surface area contributed by atoms with Crippen molar-refractivity contribution in [2.75, 3.05) is 57.5 Å². The van der Waals surface area contributed by atoms with E-state index in [9.17, 15) is 9.59 Å². The SMILES string of the molecule is CN(C)CCSc1c(N2CCN(C(=O)c3cc(Br)c(Br)s3)CC2)cnn(-c2ccccc2)c1=O. The molecule has 3 heterocycles. The Morgan fingerprint density at radius 2 is 1.85 bits per heavy atom. The number of benzene rings is 1. The molecule has 0 bridgehead atoms. The molecule has 1 aliphatic heterocycles. The molecule has 1 saturated heterocycles. The molecule has 0 atom stereocenters. The van der Waals surface area contributed by atoms with E-state index >= 15 is 0 Å². The number of carbonyl (C=O) groups excluding carboxylic acids is 1.